The standard InChI is InChI=1S/C22H28FN3O4S2Si/c1-12-18(31-17(24-12)11-30-33(7,8)22(2,3)4)19-25-20(32-26-19)13-10-16(28-5)14(9-15(13)23)21(27)29-6/h9-10H,11H2,1-8H3. The number of benzene rings is 1. The predicted octanol–water partition coefficient (Wildman–Crippen LogP) is 6.09. The first-order valence-electron chi connectivity index (χ1n) is 10.3. The lowest BCUT2D eigenvalue weighted by Gasteiger charge is -2.35. The summed E-state index contributed by atoms with van der Waals surface area (Å²) in [6, 6.07) is 2.53. The van der Waals surface area contributed by atoms with Gasteiger partial charge in [0.25, 0.3) is 0 Å². The number of ether oxygens (including phenoxy) is 2. The van der Waals surface area contributed by atoms with Gasteiger partial charge in [0.05, 0.1) is 37.0 Å². The number of nitrogens with zero attached hydrogens (tertiary/aromatic N) is 3. The van der Waals surface area contributed by atoms with Gasteiger partial charge in [-0.15, -0.1) is 11.3 Å². The van der Waals surface area contributed by atoms with E-state index in [1.165, 1.54) is 31.6 Å². The third-order valence-electron chi connectivity index (χ3n) is 5.76. The predicted molar refractivity (Wildman–Crippen MR) is 131 cm³/mol. The largest absolute Gasteiger partial charge is 0.496 e. The molecule has 0 N–H and O–H groups in total. The van der Waals surface area contributed by atoms with Crippen molar-refractivity contribution in [2.24, 2.45) is 0 Å². The fourth-order valence-corrected chi connectivity index (χ4v) is 5.45. The second-order valence-electron chi connectivity index (χ2n) is 9.02. The van der Waals surface area contributed by atoms with E-state index < -0.39 is 20.1 Å². The molecule has 0 amide bonds. The van der Waals surface area contributed by atoms with E-state index in [0.717, 1.165) is 33.2 Å². The van der Waals surface area contributed by atoms with Crippen LogP contribution in [0.15, 0.2) is 12.1 Å². The molecule has 0 aliphatic heterocycles. The Bertz CT molecular complexity index is 1170. The van der Waals surface area contributed by atoms with Crippen LogP contribution < -0.4 is 4.74 Å². The van der Waals surface area contributed by atoms with E-state index in [1.54, 1.807) is 0 Å². The summed E-state index contributed by atoms with van der Waals surface area (Å²) >= 11 is 2.55. The van der Waals surface area contributed by atoms with Crippen molar-refractivity contribution >= 4 is 37.2 Å². The lowest BCUT2D eigenvalue weighted by Crippen LogP contribution is -2.40. The smallest absolute Gasteiger partial charge is 0.341 e. The molecule has 0 spiro atoms. The number of aryl methyl sites for hydroxylation is 1. The van der Waals surface area contributed by atoms with Gasteiger partial charge in [0.1, 0.15) is 27.1 Å². The van der Waals surface area contributed by atoms with Gasteiger partial charge in [0.15, 0.2) is 14.1 Å². The summed E-state index contributed by atoms with van der Waals surface area (Å²) in [5.74, 6) is -0.598. The van der Waals surface area contributed by atoms with E-state index in [2.05, 4.69) is 48.2 Å². The normalized spacial score (nSPS) is 12.2. The first kappa shape index (κ1) is 25.4. The Labute approximate surface area is 202 Å². The van der Waals surface area contributed by atoms with Crippen LogP contribution in [0.1, 0.15) is 41.8 Å². The van der Waals surface area contributed by atoms with Gasteiger partial charge in [-0.2, -0.15) is 4.37 Å². The van der Waals surface area contributed by atoms with Crippen molar-refractivity contribution in [1.82, 2.24) is 14.3 Å². The molecule has 7 nitrogen and oxygen atoms in total. The summed E-state index contributed by atoms with van der Waals surface area (Å²) in [7, 11) is 0.740. The number of carbonyl (C=O) groups excluding carboxylic acids is 1. The molecule has 33 heavy (non-hydrogen) atoms. The maximum absolute atomic E-state index is 14.8. The third kappa shape index (κ3) is 5.31. The minimum absolute atomic E-state index is 0.00987. The number of hydrogen-bond acceptors (Lipinski definition) is 9. The minimum Gasteiger partial charge on any atom is -0.496 e. The highest BCUT2D eigenvalue weighted by Crippen LogP contribution is 2.39. The molecule has 0 radical (unpaired) electrons. The molecule has 1 aromatic carbocycles. The Hall–Kier alpha value is -2.21. The Kier molecular flexibility index (Phi) is 7.37. The van der Waals surface area contributed by atoms with E-state index in [1.807, 2.05) is 6.92 Å². The molecule has 3 aromatic rings. The molecule has 0 unspecified atom stereocenters. The lowest BCUT2D eigenvalue weighted by atomic mass is 10.1. The van der Waals surface area contributed by atoms with Gasteiger partial charge in [0, 0.05) is 0 Å². The Balaban J connectivity index is 1.88. The van der Waals surface area contributed by atoms with Crippen LogP contribution in [0.5, 0.6) is 5.75 Å². The molecular formula is C22H28FN3O4S2Si. The summed E-state index contributed by atoms with van der Waals surface area (Å²) in [5, 5.41) is 1.35. The summed E-state index contributed by atoms with van der Waals surface area (Å²) in [4.78, 5) is 21.9. The van der Waals surface area contributed by atoms with Crippen LogP contribution in [0.3, 0.4) is 0 Å². The summed E-state index contributed by atoms with van der Waals surface area (Å²) < 4.78 is 35.5. The van der Waals surface area contributed by atoms with Crippen molar-refractivity contribution < 1.29 is 23.1 Å². The van der Waals surface area contributed by atoms with Gasteiger partial charge in [0.2, 0.25) is 0 Å². The van der Waals surface area contributed by atoms with Crippen molar-refractivity contribution in [2.45, 2.75) is 52.4 Å². The third-order valence-corrected chi connectivity index (χ3v) is 12.1. The second-order valence-corrected chi connectivity index (χ2v) is 15.7. The van der Waals surface area contributed by atoms with Crippen LogP contribution in [-0.4, -0.2) is 42.8 Å². The fourth-order valence-electron chi connectivity index (χ4n) is 2.76. The molecule has 3 rings (SSSR count). The molecule has 2 aromatic heterocycles. The van der Waals surface area contributed by atoms with Crippen molar-refractivity contribution in [2.75, 3.05) is 14.2 Å². The van der Waals surface area contributed by atoms with E-state index >= 15 is 0 Å². The number of carbonyl (C=O) groups is 1. The number of halogens is 1. The van der Waals surface area contributed by atoms with Gasteiger partial charge < -0.3 is 13.9 Å². The highest BCUT2D eigenvalue weighted by Gasteiger charge is 2.37. The molecule has 2 heterocycles. The van der Waals surface area contributed by atoms with Crippen LogP contribution >= 0.6 is 22.9 Å². The van der Waals surface area contributed by atoms with Crippen LogP contribution in [0.2, 0.25) is 18.1 Å². The Morgan fingerprint density at radius 1 is 1.18 bits per heavy atom. The second kappa shape index (κ2) is 9.57. The van der Waals surface area contributed by atoms with Crippen LogP contribution in [-0.2, 0) is 15.8 Å². The Morgan fingerprint density at radius 3 is 2.48 bits per heavy atom. The SMILES string of the molecule is COC(=O)c1cc(F)c(-c2nc(-c3sc(CO[Si](C)(C)C(C)(C)C)nc3C)ns2)cc1OC. The summed E-state index contributed by atoms with van der Waals surface area (Å²) in [6.45, 7) is 13.4. The number of rotatable bonds is 7. The number of thiazole rings is 1. The van der Waals surface area contributed by atoms with Crippen molar-refractivity contribution in [3.8, 4) is 27.0 Å². The van der Waals surface area contributed by atoms with Crippen LogP contribution in [0.4, 0.5) is 4.39 Å². The molecule has 11 heteroatoms. The lowest BCUT2D eigenvalue weighted by molar-refractivity contribution is 0.0596. The first-order valence-corrected chi connectivity index (χ1v) is 14.8. The Morgan fingerprint density at radius 2 is 1.88 bits per heavy atom. The molecule has 0 fully saturated rings. The summed E-state index contributed by atoms with van der Waals surface area (Å²) in [5.41, 5.74) is 1.01. The first-order chi connectivity index (χ1) is 15.4. The zero-order valence-corrected chi connectivity index (χ0v) is 22.7. The van der Waals surface area contributed by atoms with Gasteiger partial charge in [-0.3, -0.25) is 0 Å². The molecule has 178 valence electrons. The number of aromatic nitrogens is 3. The van der Waals surface area contributed by atoms with Gasteiger partial charge in [-0.1, -0.05) is 20.8 Å². The topological polar surface area (TPSA) is 83.4 Å². The minimum atomic E-state index is -1.90. The fraction of sp³-hybridized carbons (Fsp3) is 0.455. The molecular weight excluding hydrogens is 481 g/mol. The quantitative estimate of drug-likeness (QED) is 0.281. The number of hydrogen-bond donors (Lipinski definition) is 0. The monoisotopic (exact) mass is 509 g/mol. The van der Waals surface area contributed by atoms with E-state index in [4.69, 9.17) is 13.9 Å². The van der Waals surface area contributed by atoms with E-state index in [9.17, 15) is 9.18 Å². The molecule has 0 saturated heterocycles. The van der Waals surface area contributed by atoms with Gasteiger partial charge in [-0.05, 0) is 48.7 Å². The van der Waals surface area contributed by atoms with Crippen molar-refractivity contribution in [3.05, 3.63) is 34.2 Å². The molecule has 0 atom stereocenters. The van der Waals surface area contributed by atoms with Gasteiger partial charge >= 0.3 is 5.97 Å². The van der Waals surface area contributed by atoms with Crippen molar-refractivity contribution in [3.63, 3.8) is 0 Å². The summed E-state index contributed by atoms with van der Waals surface area (Å²) in [6.07, 6.45) is 0. The van der Waals surface area contributed by atoms with Gasteiger partial charge in [-0.25, -0.2) is 19.2 Å². The molecule has 0 bridgehead atoms. The maximum Gasteiger partial charge on any atom is 0.341 e. The van der Waals surface area contributed by atoms with E-state index in [0.29, 0.717) is 17.4 Å². The van der Waals surface area contributed by atoms with Crippen LogP contribution in [0, 0.1) is 12.7 Å². The maximum atomic E-state index is 14.8. The highest BCUT2D eigenvalue weighted by atomic mass is 32.1. The zero-order chi connectivity index (χ0) is 24.6. The molecule has 0 saturated carbocycles. The number of esters is 1. The number of methoxy groups -OCH3 is 2. The van der Waals surface area contributed by atoms with Crippen LogP contribution in [0.25, 0.3) is 21.3 Å². The van der Waals surface area contributed by atoms with Crippen molar-refractivity contribution in [1.29, 1.82) is 0 Å². The molecule has 0 aliphatic rings. The average Bonchev–Trinajstić information content (AvgIpc) is 3.37. The molecule has 0 aliphatic carbocycles. The highest BCUT2D eigenvalue weighted by molar-refractivity contribution is 7.15. The van der Waals surface area contributed by atoms with E-state index in [-0.39, 0.29) is 21.9 Å². The average molecular weight is 510 g/mol. The zero-order valence-electron chi connectivity index (χ0n) is 20.0.